The van der Waals surface area contributed by atoms with Crippen LogP contribution in [-0.2, 0) is 20.6 Å². The third-order valence-corrected chi connectivity index (χ3v) is 8.91. The Kier molecular flexibility index (Phi) is 8.96. The molecule has 10 heteroatoms. The summed E-state index contributed by atoms with van der Waals surface area (Å²) in [4.78, 5) is 12.8. The average Bonchev–Trinajstić information content (AvgIpc) is 2.76. The van der Waals surface area contributed by atoms with Crippen LogP contribution in [0.15, 0.2) is 47.4 Å². The maximum absolute atomic E-state index is 12.9. The third kappa shape index (κ3) is 6.76. The number of hydrogen-bond acceptors (Lipinski definition) is 4. The zero-order chi connectivity index (χ0) is 22.4. The maximum atomic E-state index is 12.9. The lowest BCUT2D eigenvalue weighted by atomic mass is 9.99. The molecule has 1 saturated heterocycles. The molecule has 31 heavy (non-hydrogen) atoms. The molecule has 0 aliphatic carbocycles. The van der Waals surface area contributed by atoms with E-state index < -0.39 is 10.0 Å². The van der Waals surface area contributed by atoms with E-state index in [0.717, 1.165) is 17.1 Å². The number of piperidine rings is 1. The van der Waals surface area contributed by atoms with Crippen molar-refractivity contribution in [3.63, 3.8) is 0 Å². The predicted molar refractivity (Wildman–Crippen MR) is 129 cm³/mol. The summed E-state index contributed by atoms with van der Waals surface area (Å²) in [5.74, 6) is 1.05. The van der Waals surface area contributed by atoms with Gasteiger partial charge in [-0.25, -0.2) is 8.42 Å². The molecule has 0 saturated carbocycles. The van der Waals surface area contributed by atoms with Crippen LogP contribution in [0.2, 0.25) is 15.1 Å². The van der Waals surface area contributed by atoms with Gasteiger partial charge in [0.05, 0.1) is 20.9 Å². The van der Waals surface area contributed by atoms with Crippen molar-refractivity contribution in [3.8, 4) is 0 Å². The number of sulfonamides is 1. The lowest BCUT2D eigenvalue weighted by Gasteiger charge is -2.31. The lowest BCUT2D eigenvalue weighted by molar-refractivity contribution is -0.125. The Labute approximate surface area is 202 Å². The topological polar surface area (TPSA) is 66.5 Å². The molecule has 1 heterocycles. The highest BCUT2D eigenvalue weighted by molar-refractivity contribution is 7.98. The number of carbonyl (C=O) groups is 1. The van der Waals surface area contributed by atoms with Crippen LogP contribution < -0.4 is 5.32 Å². The Hall–Kier alpha value is -0.960. The Morgan fingerprint density at radius 1 is 1.10 bits per heavy atom. The number of halogens is 3. The van der Waals surface area contributed by atoms with Gasteiger partial charge in [0.1, 0.15) is 0 Å². The Morgan fingerprint density at radius 2 is 1.84 bits per heavy atom. The van der Waals surface area contributed by atoms with Gasteiger partial charge in [0.2, 0.25) is 15.9 Å². The number of nitrogens with zero attached hydrogens (tertiary/aromatic N) is 1. The molecule has 5 nitrogen and oxygen atoms in total. The summed E-state index contributed by atoms with van der Waals surface area (Å²) >= 11 is 19.5. The first-order valence-electron chi connectivity index (χ1n) is 9.82. The first-order chi connectivity index (χ1) is 14.8. The fourth-order valence-corrected chi connectivity index (χ4v) is 6.12. The molecule has 1 aliphatic rings. The van der Waals surface area contributed by atoms with Gasteiger partial charge in [-0.05, 0) is 54.8 Å². The van der Waals surface area contributed by atoms with Crippen LogP contribution >= 0.6 is 46.6 Å². The van der Waals surface area contributed by atoms with Gasteiger partial charge in [0.15, 0.2) is 0 Å². The largest absolute Gasteiger partial charge is 0.355 e. The molecule has 1 fully saturated rings. The van der Waals surface area contributed by atoms with Gasteiger partial charge in [0, 0.05) is 36.2 Å². The smallest absolute Gasteiger partial charge is 0.243 e. The third-order valence-electron chi connectivity index (χ3n) is 5.00. The van der Waals surface area contributed by atoms with Crippen LogP contribution in [0.3, 0.4) is 0 Å². The molecule has 0 bridgehead atoms. The monoisotopic (exact) mass is 520 g/mol. The molecule has 3 rings (SSSR count). The van der Waals surface area contributed by atoms with E-state index in [-0.39, 0.29) is 23.3 Å². The molecule has 1 N–H and O–H groups in total. The van der Waals surface area contributed by atoms with Crippen LogP contribution in [0.1, 0.15) is 18.4 Å². The fraction of sp³-hybridized carbons (Fsp3) is 0.381. The molecule has 168 valence electrons. The van der Waals surface area contributed by atoms with Crippen LogP contribution in [0, 0.1) is 5.92 Å². The van der Waals surface area contributed by atoms with Crippen molar-refractivity contribution in [2.24, 2.45) is 5.92 Å². The highest BCUT2D eigenvalue weighted by Crippen LogP contribution is 2.26. The van der Waals surface area contributed by atoms with E-state index in [2.05, 4.69) is 5.32 Å². The standard InChI is InChI=1S/C21H23Cl3N2O3S2/c22-17-4-6-18(7-5-17)31(28,29)26-10-1-2-16(13-26)21(27)25-9-11-30-14-15-3-8-19(23)20(24)12-15/h3-8,12,16H,1-2,9-11,13-14H2,(H,25,27)/t16-/m0/s1. The summed E-state index contributed by atoms with van der Waals surface area (Å²) in [5, 5.41) is 4.47. The zero-order valence-corrected chi connectivity index (χ0v) is 20.6. The normalized spacial score (nSPS) is 17.5. The van der Waals surface area contributed by atoms with Gasteiger partial charge < -0.3 is 5.32 Å². The highest BCUT2D eigenvalue weighted by Gasteiger charge is 2.33. The van der Waals surface area contributed by atoms with E-state index in [1.807, 2.05) is 12.1 Å². The van der Waals surface area contributed by atoms with Gasteiger partial charge in [-0.2, -0.15) is 16.1 Å². The van der Waals surface area contributed by atoms with E-state index in [1.54, 1.807) is 30.0 Å². The fourth-order valence-electron chi connectivity index (χ4n) is 3.34. The van der Waals surface area contributed by atoms with Gasteiger partial charge in [-0.15, -0.1) is 0 Å². The van der Waals surface area contributed by atoms with E-state index in [1.165, 1.54) is 16.4 Å². The van der Waals surface area contributed by atoms with E-state index in [4.69, 9.17) is 34.8 Å². The molecule has 1 atom stereocenters. The van der Waals surface area contributed by atoms with Crippen molar-refractivity contribution < 1.29 is 13.2 Å². The number of amides is 1. The molecule has 0 spiro atoms. The van der Waals surface area contributed by atoms with Crippen LogP contribution in [0.5, 0.6) is 0 Å². The number of benzene rings is 2. The maximum Gasteiger partial charge on any atom is 0.243 e. The molecule has 1 amide bonds. The first-order valence-corrected chi connectivity index (χ1v) is 13.6. The van der Waals surface area contributed by atoms with Gasteiger partial charge >= 0.3 is 0 Å². The van der Waals surface area contributed by atoms with Crippen molar-refractivity contribution in [1.29, 1.82) is 0 Å². The molecule has 0 radical (unpaired) electrons. The molecule has 2 aromatic carbocycles. The second kappa shape index (κ2) is 11.3. The van der Waals surface area contributed by atoms with Crippen LogP contribution in [0.4, 0.5) is 0 Å². The van der Waals surface area contributed by atoms with Crippen molar-refractivity contribution in [1.82, 2.24) is 9.62 Å². The quantitative estimate of drug-likeness (QED) is 0.491. The summed E-state index contributed by atoms with van der Waals surface area (Å²) in [7, 11) is -3.64. The molecular formula is C21H23Cl3N2O3S2. The zero-order valence-electron chi connectivity index (χ0n) is 16.7. The van der Waals surface area contributed by atoms with E-state index in [0.29, 0.717) is 41.0 Å². The number of carbonyl (C=O) groups excluding carboxylic acids is 1. The summed E-state index contributed by atoms with van der Waals surface area (Å²) < 4.78 is 27.1. The number of rotatable bonds is 8. The minimum atomic E-state index is -3.64. The van der Waals surface area contributed by atoms with Crippen molar-refractivity contribution >= 4 is 62.5 Å². The molecule has 2 aromatic rings. The molecular weight excluding hydrogens is 499 g/mol. The second-order valence-corrected chi connectivity index (χ2v) is 11.5. The van der Waals surface area contributed by atoms with E-state index >= 15 is 0 Å². The number of nitrogens with one attached hydrogen (secondary N) is 1. The second-order valence-electron chi connectivity index (χ2n) is 7.25. The Balaban J connectivity index is 1.46. The van der Waals surface area contributed by atoms with E-state index in [9.17, 15) is 13.2 Å². The lowest BCUT2D eigenvalue weighted by Crippen LogP contribution is -2.45. The van der Waals surface area contributed by atoms with Crippen molar-refractivity contribution in [3.05, 3.63) is 63.1 Å². The van der Waals surface area contributed by atoms with Crippen LogP contribution in [0.25, 0.3) is 0 Å². The Bertz CT molecular complexity index is 1020. The minimum Gasteiger partial charge on any atom is -0.355 e. The molecule has 1 aliphatic heterocycles. The molecule has 0 unspecified atom stereocenters. The molecule has 0 aromatic heterocycles. The summed E-state index contributed by atoms with van der Waals surface area (Å²) in [6, 6.07) is 11.6. The minimum absolute atomic E-state index is 0.105. The SMILES string of the molecule is O=C(NCCSCc1ccc(Cl)c(Cl)c1)[C@H]1CCCN(S(=O)(=O)c2ccc(Cl)cc2)C1. The predicted octanol–water partition coefficient (Wildman–Crippen LogP) is 5.10. The van der Waals surface area contributed by atoms with Gasteiger partial charge in [0.25, 0.3) is 0 Å². The number of hydrogen-bond donors (Lipinski definition) is 1. The average molecular weight is 522 g/mol. The number of thioether (sulfide) groups is 1. The summed E-state index contributed by atoms with van der Waals surface area (Å²) in [6.07, 6.45) is 1.33. The van der Waals surface area contributed by atoms with Crippen LogP contribution in [-0.4, -0.2) is 44.0 Å². The van der Waals surface area contributed by atoms with Crippen molar-refractivity contribution in [2.75, 3.05) is 25.4 Å². The highest BCUT2D eigenvalue weighted by atomic mass is 35.5. The summed E-state index contributed by atoms with van der Waals surface area (Å²) in [6.45, 7) is 1.12. The first kappa shape index (κ1) is 24.7. The van der Waals surface area contributed by atoms with Gasteiger partial charge in [-0.1, -0.05) is 40.9 Å². The van der Waals surface area contributed by atoms with Crippen molar-refractivity contribution in [2.45, 2.75) is 23.5 Å². The van der Waals surface area contributed by atoms with Gasteiger partial charge in [-0.3, -0.25) is 4.79 Å². The Morgan fingerprint density at radius 3 is 2.55 bits per heavy atom. The summed E-state index contributed by atoms with van der Waals surface area (Å²) in [5.41, 5.74) is 1.07.